The molecule has 2 N–H and O–H groups in total. The lowest BCUT2D eigenvalue weighted by molar-refractivity contribution is 0.0690. The van der Waals surface area contributed by atoms with Gasteiger partial charge in [-0.3, -0.25) is 0 Å². The van der Waals surface area contributed by atoms with E-state index < -0.39 is 11.9 Å². The van der Waals surface area contributed by atoms with Gasteiger partial charge in [-0.05, 0) is 35.2 Å². The molecular formula is C18H18O4S2. The van der Waals surface area contributed by atoms with Gasteiger partial charge >= 0.3 is 11.9 Å². The maximum atomic E-state index is 11.7. The summed E-state index contributed by atoms with van der Waals surface area (Å²) < 4.78 is 0. The van der Waals surface area contributed by atoms with E-state index in [9.17, 15) is 19.8 Å². The van der Waals surface area contributed by atoms with Crippen molar-refractivity contribution in [2.75, 3.05) is 0 Å². The molecule has 6 heteroatoms. The van der Waals surface area contributed by atoms with Gasteiger partial charge < -0.3 is 10.2 Å². The zero-order valence-electron chi connectivity index (χ0n) is 13.6. The van der Waals surface area contributed by atoms with Crippen molar-refractivity contribution in [3.8, 4) is 0 Å². The van der Waals surface area contributed by atoms with Crippen molar-refractivity contribution in [3.63, 3.8) is 0 Å². The lowest BCUT2D eigenvalue weighted by Gasteiger charge is -2.21. The van der Waals surface area contributed by atoms with E-state index >= 15 is 0 Å². The Morgan fingerprint density at radius 1 is 0.875 bits per heavy atom. The van der Waals surface area contributed by atoms with Crippen LogP contribution in [0, 0.1) is 0 Å². The first-order chi connectivity index (χ1) is 11.2. The highest BCUT2D eigenvalue weighted by atomic mass is 33.1. The quantitative estimate of drug-likeness (QED) is 0.714. The fraction of sp³-hybridized carbons (Fsp3) is 0.222. The molecule has 0 fully saturated rings. The van der Waals surface area contributed by atoms with Gasteiger partial charge in [0, 0.05) is 9.79 Å². The predicted octanol–water partition coefficient (Wildman–Crippen LogP) is 5.18. The number of carbonyl (C=O) groups is 2. The van der Waals surface area contributed by atoms with Crippen LogP contribution in [0.5, 0.6) is 0 Å². The number of benzene rings is 2. The minimum Gasteiger partial charge on any atom is -0.478 e. The summed E-state index contributed by atoms with van der Waals surface area (Å²) in [7, 11) is 2.50. The second kappa shape index (κ2) is 7.32. The standard InChI is InChI=1S/C18H18O4S2/c1-18(2,3)11-9-13(16(19)20)15(14(10-11)17(21)22)24-23-12-7-5-4-6-8-12/h4-10H,1-3H3,(H,19,20)(H,21,22). The molecule has 0 aliphatic carbocycles. The Kier molecular flexibility index (Phi) is 5.62. The molecule has 2 rings (SSSR count). The smallest absolute Gasteiger partial charge is 0.336 e. The molecule has 2 aromatic carbocycles. The van der Waals surface area contributed by atoms with Crippen LogP contribution in [0.25, 0.3) is 0 Å². The van der Waals surface area contributed by atoms with Crippen LogP contribution in [-0.2, 0) is 5.41 Å². The Balaban J connectivity index is 2.51. The maximum absolute atomic E-state index is 11.7. The third-order valence-corrected chi connectivity index (χ3v) is 5.86. The van der Waals surface area contributed by atoms with Gasteiger partial charge in [-0.2, -0.15) is 0 Å². The minimum absolute atomic E-state index is 0.0215. The zero-order valence-corrected chi connectivity index (χ0v) is 15.2. The van der Waals surface area contributed by atoms with Crippen molar-refractivity contribution in [2.45, 2.75) is 36.0 Å². The highest BCUT2D eigenvalue weighted by Crippen LogP contribution is 2.42. The number of hydrogen-bond donors (Lipinski definition) is 2. The van der Waals surface area contributed by atoms with Gasteiger partial charge in [0.1, 0.15) is 0 Å². The van der Waals surface area contributed by atoms with Crippen LogP contribution >= 0.6 is 21.6 Å². The van der Waals surface area contributed by atoms with E-state index in [1.165, 1.54) is 10.8 Å². The average molecular weight is 362 g/mol. The normalized spacial score (nSPS) is 11.3. The van der Waals surface area contributed by atoms with E-state index in [4.69, 9.17) is 0 Å². The second-order valence-corrected chi connectivity index (χ2v) is 8.45. The molecule has 0 spiro atoms. The molecule has 0 aromatic heterocycles. The summed E-state index contributed by atoms with van der Waals surface area (Å²) >= 11 is 0. The molecule has 0 unspecified atom stereocenters. The molecule has 0 amide bonds. The van der Waals surface area contributed by atoms with E-state index in [1.807, 2.05) is 51.1 Å². The lowest BCUT2D eigenvalue weighted by atomic mass is 9.85. The van der Waals surface area contributed by atoms with Crippen LogP contribution in [0.15, 0.2) is 52.3 Å². The molecular weight excluding hydrogens is 344 g/mol. The second-order valence-electron chi connectivity index (χ2n) is 6.24. The first-order valence-corrected chi connectivity index (χ1v) is 9.40. The van der Waals surface area contributed by atoms with Crippen molar-refractivity contribution < 1.29 is 19.8 Å². The van der Waals surface area contributed by atoms with Crippen molar-refractivity contribution in [2.24, 2.45) is 0 Å². The third-order valence-electron chi connectivity index (χ3n) is 3.38. The van der Waals surface area contributed by atoms with Crippen LogP contribution in [-0.4, -0.2) is 22.2 Å². The minimum atomic E-state index is -1.13. The molecule has 0 saturated carbocycles. The number of hydrogen-bond acceptors (Lipinski definition) is 4. The van der Waals surface area contributed by atoms with E-state index in [1.54, 1.807) is 12.1 Å². The molecule has 0 radical (unpaired) electrons. The highest BCUT2D eigenvalue weighted by molar-refractivity contribution is 8.76. The van der Waals surface area contributed by atoms with Crippen LogP contribution in [0.2, 0.25) is 0 Å². The molecule has 0 aliphatic heterocycles. The topological polar surface area (TPSA) is 74.6 Å². The predicted molar refractivity (Wildman–Crippen MR) is 97.2 cm³/mol. The molecule has 0 heterocycles. The van der Waals surface area contributed by atoms with E-state index in [0.29, 0.717) is 5.56 Å². The van der Waals surface area contributed by atoms with Gasteiger partial charge in [0.25, 0.3) is 0 Å². The number of aromatic carboxylic acids is 2. The van der Waals surface area contributed by atoms with Gasteiger partial charge in [-0.25, -0.2) is 9.59 Å². The fourth-order valence-corrected chi connectivity index (χ4v) is 4.37. The summed E-state index contributed by atoms with van der Waals surface area (Å²) in [4.78, 5) is 24.5. The average Bonchev–Trinajstić information content (AvgIpc) is 2.51. The summed E-state index contributed by atoms with van der Waals surface area (Å²) in [6, 6.07) is 12.6. The molecule has 24 heavy (non-hydrogen) atoms. The summed E-state index contributed by atoms with van der Waals surface area (Å²) in [6.45, 7) is 5.77. The Labute approximate surface area is 148 Å². The van der Waals surface area contributed by atoms with E-state index in [0.717, 1.165) is 15.7 Å². The van der Waals surface area contributed by atoms with Crippen LogP contribution in [0.3, 0.4) is 0 Å². The SMILES string of the molecule is CC(C)(C)c1cc(C(=O)O)c(SSc2ccccc2)c(C(=O)O)c1. The summed E-state index contributed by atoms with van der Waals surface area (Å²) in [5.74, 6) is -2.25. The molecule has 0 atom stereocenters. The van der Waals surface area contributed by atoms with Crippen LogP contribution in [0.4, 0.5) is 0 Å². The molecule has 0 saturated heterocycles. The van der Waals surface area contributed by atoms with Crippen molar-refractivity contribution >= 4 is 33.5 Å². The van der Waals surface area contributed by atoms with Gasteiger partial charge in [0.2, 0.25) is 0 Å². The fourth-order valence-electron chi connectivity index (χ4n) is 2.04. The highest BCUT2D eigenvalue weighted by Gasteiger charge is 2.25. The monoisotopic (exact) mass is 362 g/mol. The van der Waals surface area contributed by atoms with Crippen molar-refractivity contribution in [3.05, 3.63) is 59.2 Å². The first-order valence-electron chi connectivity index (χ1n) is 7.25. The molecule has 126 valence electrons. The van der Waals surface area contributed by atoms with Gasteiger partial charge in [0.15, 0.2) is 0 Å². The number of carboxylic acid groups (broad SMARTS) is 2. The zero-order chi connectivity index (χ0) is 17.9. The lowest BCUT2D eigenvalue weighted by Crippen LogP contribution is -2.16. The Bertz CT molecular complexity index is 729. The van der Waals surface area contributed by atoms with Gasteiger partial charge in [0.05, 0.1) is 11.1 Å². The summed E-state index contributed by atoms with van der Waals surface area (Å²) in [5, 5.41) is 19.1. The molecule has 4 nitrogen and oxygen atoms in total. The van der Waals surface area contributed by atoms with Gasteiger partial charge in [-0.1, -0.05) is 60.6 Å². The van der Waals surface area contributed by atoms with Crippen molar-refractivity contribution in [1.29, 1.82) is 0 Å². The third kappa shape index (κ3) is 4.33. The maximum Gasteiger partial charge on any atom is 0.336 e. The Morgan fingerprint density at radius 3 is 1.79 bits per heavy atom. The first kappa shape index (κ1) is 18.4. The Morgan fingerprint density at radius 2 is 1.38 bits per heavy atom. The van der Waals surface area contributed by atoms with Crippen LogP contribution in [0.1, 0.15) is 47.1 Å². The summed E-state index contributed by atoms with van der Waals surface area (Å²) in [6.07, 6.45) is 0. The summed E-state index contributed by atoms with van der Waals surface area (Å²) in [5.41, 5.74) is 0.386. The van der Waals surface area contributed by atoms with E-state index in [2.05, 4.69) is 0 Å². The van der Waals surface area contributed by atoms with E-state index in [-0.39, 0.29) is 21.4 Å². The van der Waals surface area contributed by atoms with Crippen LogP contribution < -0.4 is 0 Å². The molecule has 0 aliphatic rings. The number of carboxylic acids is 2. The number of rotatable bonds is 5. The molecule has 0 bridgehead atoms. The Hall–Kier alpha value is -1.92. The van der Waals surface area contributed by atoms with Crippen molar-refractivity contribution in [1.82, 2.24) is 0 Å². The van der Waals surface area contributed by atoms with Gasteiger partial charge in [-0.15, -0.1) is 0 Å². The molecule has 2 aromatic rings. The largest absolute Gasteiger partial charge is 0.478 e.